The highest BCUT2D eigenvalue weighted by atomic mass is 31.2. The molecule has 0 aromatic heterocycles. The number of likely N-dealkylation sites (N-methyl/N-ethyl adjacent to an activating group) is 1. The smallest absolute Gasteiger partial charge is 0.306 e. The van der Waals surface area contributed by atoms with E-state index in [9.17, 15) is 14.3 Å². The average molecular weight is 894 g/mol. The molecule has 0 rings (SSSR count). The van der Waals surface area contributed by atoms with Gasteiger partial charge in [-0.15, -0.1) is 0 Å². The van der Waals surface area contributed by atoms with E-state index in [4.69, 9.17) is 18.5 Å². The lowest BCUT2D eigenvalue weighted by Gasteiger charge is -2.28. The number of phosphoric acid groups is 1. The van der Waals surface area contributed by atoms with Crippen LogP contribution in [0.1, 0.15) is 226 Å². The molecule has 8 nitrogen and oxygen atoms in total. The Balaban J connectivity index is 4.06. The molecule has 0 radical (unpaired) electrons. The molecule has 0 aromatic rings. The largest absolute Gasteiger partial charge is 0.756 e. The van der Waals surface area contributed by atoms with E-state index >= 15 is 0 Å². The van der Waals surface area contributed by atoms with Crippen LogP contribution in [0.2, 0.25) is 0 Å². The molecular weight excluding hydrogens is 794 g/mol. The van der Waals surface area contributed by atoms with Crippen molar-refractivity contribution in [1.82, 2.24) is 0 Å². The van der Waals surface area contributed by atoms with Gasteiger partial charge in [0, 0.05) is 13.0 Å². The summed E-state index contributed by atoms with van der Waals surface area (Å²) < 4.78 is 34.7. The highest BCUT2D eigenvalue weighted by molar-refractivity contribution is 7.45. The first-order valence-corrected chi connectivity index (χ1v) is 27.3. The third kappa shape index (κ3) is 49.5. The Hall–Kier alpha value is -1.54. The maximum absolute atomic E-state index is 12.7. The molecule has 0 amide bonds. The van der Waals surface area contributed by atoms with Crippen LogP contribution in [0, 0.1) is 0 Å². The van der Waals surface area contributed by atoms with Gasteiger partial charge in [0.1, 0.15) is 19.3 Å². The Morgan fingerprint density at radius 3 is 1.35 bits per heavy atom. The number of hydrogen-bond donors (Lipinski definition) is 0. The van der Waals surface area contributed by atoms with Gasteiger partial charge in [-0.3, -0.25) is 9.36 Å². The predicted molar refractivity (Wildman–Crippen MR) is 263 cm³/mol. The van der Waals surface area contributed by atoms with Crippen LogP contribution in [0.25, 0.3) is 0 Å². The molecule has 0 aliphatic heterocycles. The minimum atomic E-state index is -4.53. The highest BCUT2D eigenvalue weighted by Gasteiger charge is 2.20. The lowest BCUT2D eigenvalue weighted by molar-refractivity contribution is -0.870. The molecule has 0 heterocycles. The van der Waals surface area contributed by atoms with E-state index in [1.54, 1.807) is 0 Å². The maximum Gasteiger partial charge on any atom is 0.306 e. The maximum atomic E-state index is 12.7. The Morgan fingerprint density at radius 2 is 0.903 bits per heavy atom. The fraction of sp³-hybridized carbons (Fsp3) is 0.830. The summed E-state index contributed by atoms with van der Waals surface area (Å²) in [5.41, 5.74) is 0. The Morgan fingerprint density at radius 1 is 0.500 bits per heavy atom. The molecule has 62 heavy (non-hydrogen) atoms. The van der Waals surface area contributed by atoms with Gasteiger partial charge in [0.15, 0.2) is 0 Å². The van der Waals surface area contributed by atoms with Gasteiger partial charge in [-0.25, -0.2) is 0 Å². The van der Waals surface area contributed by atoms with Crippen LogP contribution in [0.4, 0.5) is 0 Å². The van der Waals surface area contributed by atoms with Gasteiger partial charge in [-0.2, -0.15) is 0 Å². The van der Waals surface area contributed by atoms with Gasteiger partial charge in [0.2, 0.25) is 0 Å². The minimum Gasteiger partial charge on any atom is -0.756 e. The van der Waals surface area contributed by atoms with Crippen LogP contribution in [0.15, 0.2) is 48.6 Å². The third-order valence-corrected chi connectivity index (χ3v) is 12.1. The highest BCUT2D eigenvalue weighted by Crippen LogP contribution is 2.38. The second kappa shape index (κ2) is 46.0. The number of unbranched alkanes of at least 4 members (excludes halogenated alkanes) is 26. The number of rotatable bonds is 48. The standard InChI is InChI=1S/C53H100NO7P/c1-6-8-10-12-14-16-18-20-22-23-24-25-26-27-28-29-30-31-32-33-35-37-39-41-43-45-48-58-50-52(51-60-62(56,57)59-49-47-54(3,4)5)61-53(55)46-44-42-40-38-36-34-21-19-17-15-13-11-9-7-2/h13,15,18-21,23-24,52H,6-12,14,16-17,22,25-51H2,1-5H3/b15-13-,20-18-,21-19-,24-23-. The molecule has 0 N–H and O–H groups in total. The molecule has 2 atom stereocenters. The molecule has 0 bridgehead atoms. The number of ether oxygens (including phenoxy) is 2. The third-order valence-electron chi connectivity index (χ3n) is 11.1. The van der Waals surface area contributed by atoms with Gasteiger partial charge in [-0.1, -0.05) is 197 Å². The lowest BCUT2D eigenvalue weighted by atomic mass is 10.0. The predicted octanol–water partition coefficient (Wildman–Crippen LogP) is 15.3. The summed E-state index contributed by atoms with van der Waals surface area (Å²) in [4.78, 5) is 25.1. The van der Waals surface area contributed by atoms with E-state index in [2.05, 4.69) is 62.5 Å². The Bertz CT molecular complexity index is 1130. The summed E-state index contributed by atoms with van der Waals surface area (Å²) in [5, 5.41) is 0. The van der Waals surface area contributed by atoms with Crippen molar-refractivity contribution in [2.75, 3.05) is 54.1 Å². The summed E-state index contributed by atoms with van der Waals surface area (Å²) in [6, 6.07) is 0. The second-order valence-corrected chi connectivity index (χ2v) is 19.9. The monoisotopic (exact) mass is 894 g/mol. The van der Waals surface area contributed by atoms with Crippen molar-refractivity contribution >= 4 is 13.8 Å². The lowest BCUT2D eigenvalue weighted by Crippen LogP contribution is -2.37. The first-order chi connectivity index (χ1) is 30.1. The van der Waals surface area contributed by atoms with Crippen LogP contribution in [-0.2, 0) is 27.9 Å². The number of quaternary nitrogens is 1. The summed E-state index contributed by atoms with van der Waals surface area (Å²) in [7, 11) is 1.35. The first kappa shape index (κ1) is 60.5. The summed E-state index contributed by atoms with van der Waals surface area (Å²) in [6.07, 6.45) is 57.1. The zero-order valence-corrected chi connectivity index (χ0v) is 42.2. The molecule has 9 heteroatoms. The van der Waals surface area contributed by atoms with Gasteiger partial charge in [-0.05, 0) is 70.6 Å². The van der Waals surface area contributed by atoms with Gasteiger partial charge in [0.25, 0.3) is 7.82 Å². The molecule has 2 unspecified atom stereocenters. The molecule has 0 aromatic carbocycles. The average Bonchev–Trinajstić information content (AvgIpc) is 3.23. The molecule has 0 fully saturated rings. The number of phosphoric ester groups is 1. The van der Waals surface area contributed by atoms with Crippen molar-refractivity contribution in [1.29, 1.82) is 0 Å². The van der Waals surface area contributed by atoms with E-state index < -0.39 is 13.9 Å². The van der Waals surface area contributed by atoms with Crippen LogP contribution >= 0.6 is 7.82 Å². The molecule has 364 valence electrons. The van der Waals surface area contributed by atoms with Crippen LogP contribution in [0.3, 0.4) is 0 Å². The van der Waals surface area contributed by atoms with Gasteiger partial charge >= 0.3 is 5.97 Å². The number of carbonyl (C=O) groups excluding carboxylic acids is 1. The van der Waals surface area contributed by atoms with E-state index in [0.717, 1.165) is 64.2 Å². The Kier molecular flexibility index (Phi) is 44.9. The van der Waals surface area contributed by atoms with Crippen molar-refractivity contribution in [2.24, 2.45) is 0 Å². The molecule has 0 saturated carbocycles. The van der Waals surface area contributed by atoms with Crippen LogP contribution in [-0.4, -0.2) is 70.7 Å². The fourth-order valence-electron chi connectivity index (χ4n) is 7.06. The molecule has 0 aliphatic carbocycles. The minimum absolute atomic E-state index is 0.0226. The molecular formula is C53H100NO7P. The van der Waals surface area contributed by atoms with E-state index in [-0.39, 0.29) is 25.8 Å². The molecule has 0 aliphatic rings. The SMILES string of the molecule is CCCC/C=C\C/C=C\CCCCCCCC(=O)OC(COCCCCCCCCCCCCCCCC/C=C\C/C=C\CCCCCCC)COP(=O)([O-])OCC[N+](C)(C)C. The van der Waals surface area contributed by atoms with Gasteiger partial charge in [0.05, 0.1) is 34.4 Å². The number of esters is 1. The van der Waals surface area contributed by atoms with Crippen LogP contribution < -0.4 is 4.89 Å². The zero-order valence-electron chi connectivity index (χ0n) is 41.3. The number of hydrogen-bond acceptors (Lipinski definition) is 7. The fourth-order valence-corrected chi connectivity index (χ4v) is 7.79. The van der Waals surface area contributed by atoms with Crippen LogP contribution in [0.5, 0.6) is 0 Å². The van der Waals surface area contributed by atoms with E-state index in [1.165, 1.54) is 141 Å². The van der Waals surface area contributed by atoms with Crippen molar-refractivity contribution in [3.8, 4) is 0 Å². The van der Waals surface area contributed by atoms with Crippen molar-refractivity contribution in [3.63, 3.8) is 0 Å². The summed E-state index contributed by atoms with van der Waals surface area (Å²) in [6.45, 7) is 5.36. The van der Waals surface area contributed by atoms with E-state index in [1.807, 2.05) is 21.1 Å². The topological polar surface area (TPSA) is 94.1 Å². The molecule has 0 saturated heterocycles. The number of allylic oxidation sites excluding steroid dienone is 8. The van der Waals surface area contributed by atoms with E-state index in [0.29, 0.717) is 24.1 Å². The first-order valence-electron chi connectivity index (χ1n) is 25.9. The second-order valence-electron chi connectivity index (χ2n) is 18.5. The Labute approximate surface area is 384 Å². The molecule has 0 spiro atoms. The number of nitrogens with zero attached hydrogens (tertiary/aromatic N) is 1. The quantitative estimate of drug-likeness (QED) is 0.0197. The van der Waals surface area contributed by atoms with Crippen molar-refractivity contribution < 1.29 is 37.3 Å². The van der Waals surface area contributed by atoms with Gasteiger partial charge < -0.3 is 27.9 Å². The number of carbonyl (C=O) groups is 1. The van der Waals surface area contributed by atoms with Crippen molar-refractivity contribution in [3.05, 3.63) is 48.6 Å². The summed E-state index contributed by atoms with van der Waals surface area (Å²) in [5.74, 6) is -0.347. The van der Waals surface area contributed by atoms with Crippen molar-refractivity contribution in [2.45, 2.75) is 232 Å². The summed E-state index contributed by atoms with van der Waals surface area (Å²) >= 11 is 0. The normalized spacial score (nSPS) is 14.0. The zero-order chi connectivity index (χ0) is 45.5.